The van der Waals surface area contributed by atoms with Crippen LogP contribution in [0.25, 0.3) is 0 Å². The molecule has 0 bridgehead atoms. The predicted octanol–water partition coefficient (Wildman–Crippen LogP) is 5.88. The number of allylic oxidation sites excluding steroid dienone is 1. The summed E-state index contributed by atoms with van der Waals surface area (Å²) in [7, 11) is 0. The Bertz CT molecular complexity index is 451. The molecule has 2 fully saturated rings. The molecule has 1 nitrogen and oxygen atoms in total. The summed E-state index contributed by atoms with van der Waals surface area (Å²) < 4.78 is 0. The van der Waals surface area contributed by atoms with E-state index in [0.717, 1.165) is 25.2 Å². The summed E-state index contributed by atoms with van der Waals surface area (Å²) in [5.41, 5.74) is 1.29. The third-order valence-corrected chi connectivity index (χ3v) is 8.50. The second kappa shape index (κ2) is 6.09. The van der Waals surface area contributed by atoms with Crippen LogP contribution in [0.3, 0.4) is 0 Å². The first kappa shape index (κ1) is 18.3. The Morgan fingerprint density at radius 3 is 2.59 bits per heavy atom. The van der Waals surface area contributed by atoms with E-state index in [2.05, 4.69) is 49.9 Å². The predicted molar refractivity (Wildman–Crippen MR) is 99.2 cm³/mol. The first-order valence-electron chi connectivity index (χ1n) is 8.72. The van der Waals surface area contributed by atoms with Crippen molar-refractivity contribution >= 4 is 15.9 Å². The van der Waals surface area contributed by atoms with E-state index in [0.29, 0.717) is 21.6 Å². The Hall–Kier alpha value is -0.0800. The third-order valence-electron chi connectivity index (χ3n) is 6.86. The molecule has 2 aliphatic rings. The van der Waals surface area contributed by atoms with Crippen molar-refractivity contribution in [2.75, 3.05) is 0 Å². The van der Waals surface area contributed by atoms with Crippen LogP contribution in [0.4, 0.5) is 0 Å². The van der Waals surface area contributed by atoms with Gasteiger partial charge in [0.15, 0.2) is 0 Å². The molecule has 126 valence electrons. The van der Waals surface area contributed by atoms with E-state index in [1.807, 2.05) is 6.92 Å². The zero-order chi connectivity index (χ0) is 16.8. The van der Waals surface area contributed by atoms with E-state index in [1.54, 1.807) is 6.08 Å². The largest absolute Gasteiger partial charge is 0.386 e. The number of fused-ring (bicyclic) bond motifs is 1. The molecule has 0 aromatic heterocycles. The molecule has 2 aliphatic carbocycles. The van der Waals surface area contributed by atoms with Crippen molar-refractivity contribution in [3.8, 4) is 0 Å². The summed E-state index contributed by atoms with van der Waals surface area (Å²) in [6.45, 7) is 17.4. The smallest absolute Gasteiger partial charge is 0.0797 e. The molecule has 2 heteroatoms. The first-order chi connectivity index (χ1) is 10.0. The molecular formula is C20H33BrO. The maximum Gasteiger partial charge on any atom is 0.0797 e. The normalized spacial score (nSPS) is 40.6. The SMILES string of the molecule is C=C[C@](C)(O)CC[C@@H]1C(=C)CC[C@@H]2C(C)(C)[C@H](Br)CC[C@@]12C. The maximum atomic E-state index is 10.3. The maximum absolute atomic E-state index is 10.3. The molecule has 0 amide bonds. The lowest BCUT2D eigenvalue weighted by molar-refractivity contribution is -0.0531. The third kappa shape index (κ3) is 3.11. The van der Waals surface area contributed by atoms with Crippen LogP contribution in [0.1, 0.15) is 66.2 Å². The molecule has 2 saturated carbocycles. The summed E-state index contributed by atoms with van der Waals surface area (Å²) in [4.78, 5) is 0.612. The van der Waals surface area contributed by atoms with Gasteiger partial charge in [0.2, 0.25) is 0 Å². The van der Waals surface area contributed by atoms with Gasteiger partial charge < -0.3 is 5.11 Å². The molecule has 0 aromatic carbocycles. The molecule has 1 N–H and O–H groups in total. The van der Waals surface area contributed by atoms with Gasteiger partial charge >= 0.3 is 0 Å². The van der Waals surface area contributed by atoms with Crippen LogP contribution in [-0.2, 0) is 0 Å². The van der Waals surface area contributed by atoms with Crippen molar-refractivity contribution in [1.82, 2.24) is 0 Å². The topological polar surface area (TPSA) is 20.2 Å². The van der Waals surface area contributed by atoms with E-state index in [-0.39, 0.29) is 0 Å². The Morgan fingerprint density at radius 2 is 2.00 bits per heavy atom. The Balaban J connectivity index is 2.25. The van der Waals surface area contributed by atoms with Crippen LogP contribution < -0.4 is 0 Å². The Kier molecular flexibility index (Phi) is 5.06. The number of alkyl halides is 1. The number of rotatable bonds is 4. The zero-order valence-electron chi connectivity index (χ0n) is 14.8. The summed E-state index contributed by atoms with van der Waals surface area (Å²) in [5, 5.41) is 10.3. The van der Waals surface area contributed by atoms with Gasteiger partial charge in [0.1, 0.15) is 0 Å². The molecule has 2 rings (SSSR count). The Morgan fingerprint density at radius 1 is 1.36 bits per heavy atom. The van der Waals surface area contributed by atoms with Gasteiger partial charge in [0.25, 0.3) is 0 Å². The van der Waals surface area contributed by atoms with Gasteiger partial charge in [0.05, 0.1) is 5.60 Å². The van der Waals surface area contributed by atoms with Crippen molar-refractivity contribution in [1.29, 1.82) is 0 Å². The van der Waals surface area contributed by atoms with Crippen molar-refractivity contribution in [3.63, 3.8) is 0 Å². The van der Waals surface area contributed by atoms with E-state index in [4.69, 9.17) is 0 Å². The fourth-order valence-corrected chi connectivity index (χ4v) is 5.76. The van der Waals surface area contributed by atoms with Gasteiger partial charge in [-0.25, -0.2) is 0 Å². The van der Waals surface area contributed by atoms with Crippen LogP contribution in [0.2, 0.25) is 0 Å². The van der Waals surface area contributed by atoms with Crippen molar-refractivity contribution < 1.29 is 5.11 Å². The highest BCUT2D eigenvalue weighted by atomic mass is 79.9. The molecule has 0 unspecified atom stereocenters. The van der Waals surface area contributed by atoms with Crippen LogP contribution in [0, 0.1) is 22.7 Å². The highest BCUT2D eigenvalue weighted by Gasteiger charge is 2.55. The minimum absolute atomic E-state index is 0.320. The average Bonchev–Trinajstić information content (AvgIpc) is 2.42. The van der Waals surface area contributed by atoms with Crippen molar-refractivity contribution in [2.45, 2.75) is 76.6 Å². The number of halogens is 1. The summed E-state index contributed by atoms with van der Waals surface area (Å²) in [6, 6.07) is 0. The van der Waals surface area contributed by atoms with Gasteiger partial charge in [-0.05, 0) is 68.1 Å². The van der Waals surface area contributed by atoms with E-state index < -0.39 is 5.60 Å². The molecule has 0 aliphatic heterocycles. The lowest BCUT2D eigenvalue weighted by Gasteiger charge is -2.59. The van der Waals surface area contributed by atoms with Gasteiger partial charge in [-0.3, -0.25) is 0 Å². The summed E-state index contributed by atoms with van der Waals surface area (Å²) in [6.07, 6.45) is 8.38. The van der Waals surface area contributed by atoms with Crippen molar-refractivity contribution in [2.24, 2.45) is 22.7 Å². The molecule has 22 heavy (non-hydrogen) atoms. The number of hydrogen-bond acceptors (Lipinski definition) is 1. The monoisotopic (exact) mass is 368 g/mol. The lowest BCUT2D eigenvalue weighted by Crippen LogP contribution is -2.53. The van der Waals surface area contributed by atoms with Crippen LogP contribution in [-0.4, -0.2) is 15.5 Å². The molecule has 0 radical (unpaired) electrons. The van der Waals surface area contributed by atoms with Gasteiger partial charge in [-0.2, -0.15) is 0 Å². The van der Waals surface area contributed by atoms with E-state index in [9.17, 15) is 5.11 Å². The molecule has 0 spiro atoms. The second-order valence-corrected chi connectivity index (χ2v) is 9.84. The average molecular weight is 369 g/mol. The number of hydrogen-bond donors (Lipinski definition) is 1. The minimum atomic E-state index is -0.758. The van der Waals surface area contributed by atoms with Crippen LogP contribution >= 0.6 is 15.9 Å². The molecule has 0 saturated heterocycles. The van der Waals surface area contributed by atoms with Crippen molar-refractivity contribution in [3.05, 3.63) is 24.8 Å². The molecule has 0 heterocycles. The fourth-order valence-electron chi connectivity index (χ4n) is 5.21. The van der Waals surface area contributed by atoms with Gasteiger partial charge in [-0.15, -0.1) is 6.58 Å². The summed E-state index contributed by atoms with van der Waals surface area (Å²) in [5.74, 6) is 1.25. The molecular weight excluding hydrogens is 336 g/mol. The minimum Gasteiger partial charge on any atom is -0.386 e. The van der Waals surface area contributed by atoms with Crippen LogP contribution in [0.5, 0.6) is 0 Å². The zero-order valence-corrected chi connectivity index (χ0v) is 16.4. The standard InChI is InChI=1S/C20H33BrO/c1-7-19(5,22)12-10-15-14(2)8-9-16-18(3,4)17(21)11-13-20(15,16)6/h7,15-17,22H,1-2,8-13H2,3-6H3/t15-,16-,17-,19+,20+/m1/s1. The fraction of sp³-hybridized carbons (Fsp3) is 0.800. The highest BCUT2D eigenvalue weighted by molar-refractivity contribution is 9.09. The Labute approximate surface area is 145 Å². The summed E-state index contributed by atoms with van der Waals surface area (Å²) >= 11 is 3.94. The number of aliphatic hydroxyl groups is 1. The van der Waals surface area contributed by atoms with Crippen LogP contribution in [0.15, 0.2) is 24.8 Å². The van der Waals surface area contributed by atoms with E-state index >= 15 is 0 Å². The van der Waals surface area contributed by atoms with Gasteiger partial charge in [-0.1, -0.05) is 54.9 Å². The first-order valence-corrected chi connectivity index (χ1v) is 9.64. The van der Waals surface area contributed by atoms with Gasteiger partial charge in [0, 0.05) is 4.83 Å². The lowest BCUT2D eigenvalue weighted by atomic mass is 9.47. The van der Waals surface area contributed by atoms with E-state index in [1.165, 1.54) is 24.8 Å². The highest BCUT2D eigenvalue weighted by Crippen LogP contribution is 2.63. The quantitative estimate of drug-likeness (QED) is 0.485. The second-order valence-electron chi connectivity index (χ2n) is 8.74. The molecule has 0 aromatic rings. The molecule has 5 atom stereocenters.